The fourth-order valence-electron chi connectivity index (χ4n) is 3.49. The second-order valence-electron chi connectivity index (χ2n) is 7.30. The highest BCUT2D eigenvalue weighted by molar-refractivity contribution is 7.89. The molecule has 0 bridgehead atoms. The SMILES string of the molecule is Cc1ccc(S(=O)(=O)N2CCCC(C(=O)N(C)Cc3ccccc3F)C2)cc1. The molecule has 0 aliphatic carbocycles. The van der Waals surface area contributed by atoms with Crippen LogP contribution in [0.2, 0.25) is 0 Å². The van der Waals surface area contributed by atoms with E-state index < -0.39 is 15.9 Å². The van der Waals surface area contributed by atoms with Gasteiger partial charge in [-0.1, -0.05) is 35.9 Å². The Hall–Kier alpha value is -2.25. The fourth-order valence-corrected chi connectivity index (χ4v) is 5.02. The number of carbonyl (C=O) groups is 1. The molecular formula is C21H25FN2O3S. The van der Waals surface area contributed by atoms with Gasteiger partial charge >= 0.3 is 0 Å². The van der Waals surface area contributed by atoms with Crippen LogP contribution in [0.1, 0.15) is 24.0 Å². The van der Waals surface area contributed by atoms with E-state index in [2.05, 4.69) is 0 Å². The Bertz CT molecular complexity index is 944. The van der Waals surface area contributed by atoms with Crippen LogP contribution in [0.25, 0.3) is 0 Å². The molecule has 0 N–H and O–H groups in total. The predicted molar refractivity (Wildman–Crippen MR) is 106 cm³/mol. The average Bonchev–Trinajstić information content (AvgIpc) is 2.69. The summed E-state index contributed by atoms with van der Waals surface area (Å²) in [5.41, 5.74) is 1.43. The molecule has 2 aromatic carbocycles. The van der Waals surface area contributed by atoms with Gasteiger partial charge in [0.05, 0.1) is 10.8 Å². The maximum Gasteiger partial charge on any atom is 0.243 e. The molecule has 7 heteroatoms. The topological polar surface area (TPSA) is 57.7 Å². The molecule has 1 aliphatic rings. The van der Waals surface area contributed by atoms with Crippen LogP contribution < -0.4 is 0 Å². The fraction of sp³-hybridized carbons (Fsp3) is 0.381. The molecule has 0 spiro atoms. The third-order valence-corrected chi connectivity index (χ3v) is 7.01. The molecule has 1 aliphatic heterocycles. The minimum Gasteiger partial charge on any atom is -0.341 e. The minimum absolute atomic E-state index is 0.149. The number of rotatable bonds is 5. The number of aryl methyl sites for hydroxylation is 1. The number of sulfonamides is 1. The van der Waals surface area contributed by atoms with Gasteiger partial charge in [0.25, 0.3) is 0 Å². The first-order valence-corrected chi connectivity index (χ1v) is 10.8. The number of hydrogen-bond acceptors (Lipinski definition) is 3. The lowest BCUT2D eigenvalue weighted by atomic mass is 9.98. The van der Waals surface area contributed by atoms with Crippen molar-refractivity contribution in [1.82, 2.24) is 9.21 Å². The second-order valence-corrected chi connectivity index (χ2v) is 9.24. The van der Waals surface area contributed by atoms with E-state index in [1.165, 1.54) is 15.3 Å². The van der Waals surface area contributed by atoms with E-state index in [4.69, 9.17) is 0 Å². The smallest absolute Gasteiger partial charge is 0.243 e. The molecule has 1 unspecified atom stereocenters. The van der Waals surface area contributed by atoms with Crippen LogP contribution in [0.3, 0.4) is 0 Å². The van der Waals surface area contributed by atoms with E-state index in [0.29, 0.717) is 24.9 Å². The van der Waals surface area contributed by atoms with Crippen molar-refractivity contribution in [2.75, 3.05) is 20.1 Å². The van der Waals surface area contributed by atoms with Crippen LogP contribution >= 0.6 is 0 Å². The molecule has 1 heterocycles. The third kappa shape index (κ3) is 4.42. The predicted octanol–water partition coefficient (Wildman–Crippen LogP) is 3.19. The summed E-state index contributed by atoms with van der Waals surface area (Å²) in [5.74, 6) is -0.938. The van der Waals surface area contributed by atoms with Crippen molar-refractivity contribution < 1.29 is 17.6 Å². The Morgan fingerprint density at radius 3 is 2.54 bits per heavy atom. The molecule has 150 valence electrons. The van der Waals surface area contributed by atoms with Gasteiger partial charge in [-0.2, -0.15) is 4.31 Å². The van der Waals surface area contributed by atoms with Crippen LogP contribution in [0.15, 0.2) is 53.4 Å². The van der Waals surface area contributed by atoms with E-state index >= 15 is 0 Å². The van der Waals surface area contributed by atoms with Gasteiger partial charge in [-0.05, 0) is 38.0 Å². The zero-order valence-corrected chi connectivity index (χ0v) is 17.0. The summed E-state index contributed by atoms with van der Waals surface area (Å²) in [6, 6.07) is 13.1. The summed E-state index contributed by atoms with van der Waals surface area (Å²) in [6.07, 6.45) is 1.25. The van der Waals surface area contributed by atoms with Crippen molar-refractivity contribution >= 4 is 15.9 Å². The summed E-state index contributed by atoms with van der Waals surface area (Å²) in [6.45, 7) is 2.61. The van der Waals surface area contributed by atoms with Gasteiger partial charge in [-0.15, -0.1) is 0 Å². The zero-order valence-electron chi connectivity index (χ0n) is 16.1. The molecule has 0 saturated carbocycles. The number of benzene rings is 2. The standard InChI is InChI=1S/C21H25FN2O3S/c1-16-9-11-19(12-10-16)28(26,27)24-13-5-7-18(15-24)21(25)23(2)14-17-6-3-4-8-20(17)22/h3-4,6,8-12,18H,5,7,13-15H2,1-2H3. The first-order chi connectivity index (χ1) is 13.3. The maximum atomic E-state index is 13.9. The van der Waals surface area contributed by atoms with Crippen molar-refractivity contribution in [2.45, 2.75) is 31.2 Å². The van der Waals surface area contributed by atoms with Crippen molar-refractivity contribution in [3.05, 3.63) is 65.5 Å². The van der Waals surface area contributed by atoms with Crippen LogP contribution in [0.4, 0.5) is 4.39 Å². The zero-order chi connectivity index (χ0) is 20.3. The molecule has 1 atom stereocenters. The van der Waals surface area contributed by atoms with E-state index in [-0.39, 0.29) is 29.7 Å². The molecular weight excluding hydrogens is 379 g/mol. The Morgan fingerprint density at radius 2 is 1.86 bits per heavy atom. The third-order valence-electron chi connectivity index (χ3n) is 5.13. The number of hydrogen-bond donors (Lipinski definition) is 0. The lowest BCUT2D eigenvalue weighted by Crippen LogP contribution is -2.45. The lowest BCUT2D eigenvalue weighted by molar-refractivity contribution is -0.135. The van der Waals surface area contributed by atoms with Crippen LogP contribution in [0.5, 0.6) is 0 Å². The highest BCUT2D eigenvalue weighted by Gasteiger charge is 2.34. The van der Waals surface area contributed by atoms with Gasteiger partial charge in [0.2, 0.25) is 15.9 Å². The normalized spacial score (nSPS) is 18.0. The van der Waals surface area contributed by atoms with Gasteiger partial charge in [0.1, 0.15) is 5.82 Å². The minimum atomic E-state index is -3.63. The van der Waals surface area contributed by atoms with Gasteiger partial charge in [0.15, 0.2) is 0 Å². The Morgan fingerprint density at radius 1 is 1.18 bits per heavy atom. The Balaban J connectivity index is 1.71. The summed E-state index contributed by atoms with van der Waals surface area (Å²) >= 11 is 0. The average molecular weight is 405 g/mol. The van der Waals surface area contributed by atoms with Gasteiger partial charge in [0, 0.05) is 32.2 Å². The number of nitrogens with zero attached hydrogens (tertiary/aromatic N) is 2. The molecule has 28 heavy (non-hydrogen) atoms. The first kappa shape index (κ1) is 20.5. The monoisotopic (exact) mass is 404 g/mol. The molecule has 0 aromatic heterocycles. The van der Waals surface area contributed by atoms with Gasteiger partial charge in [-0.25, -0.2) is 12.8 Å². The maximum absolute atomic E-state index is 13.9. The van der Waals surface area contributed by atoms with Crippen molar-refractivity contribution in [3.8, 4) is 0 Å². The highest BCUT2D eigenvalue weighted by Crippen LogP contribution is 2.25. The summed E-state index contributed by atoms with van der Waals surface area (Å²) in [4.78, 5) is 14.6. The molecule has 1 saturated heterocycles. The van der Waals surface area contributed by atoms with E-state index in [9.17, 15) is 17.6 Å². The van der Waals surface area contributed by atoms with E-state index in [1.807, 2.05) is 6.92 Å². The molecule has 5 nitrogen and oxygen atoms in total. The largest absolute Gasteiger partial charge is 0.341 e. The second kappa shape index (κ2) is 8.41. The number of halogens is 1. The van der Waals surface area contributed by atoms with Crippen molar-refractivity contribution in [1.29, 1.82) is 0 Å². The summed E-state index contributed by atoms with van der Waals surface area (Å²) in [7, 11) is -2.01. The summed E-state index contributed by atoms with van der Waals surface area (Å²) < 4.78 is 41.1. The number of carbonyl (C=O) groups excluding carboxylic acids is 1. The Kier molecular flexibility index (Phi) is 6.15. The van der Waals surface area contributed by atoms with Crippen LogP contribution in [0, 0.1) is 18.7 Å². The first-order valence-electron chi connectivity index (χ1n) is 9.34. The van der Waals surface area contributed by atoms with Gasteiger partial charge < -0.3 is 4.90 Å². The van der Waals surface area contributed by atoms with Crippen LogP contribution in [-0.4, -0.2) is 43.7 Å². The molecule has 2 aromatic rings. The quantitative estimate of drug-likeness (QED) is 0.769. The van der Waals surface area contributed by atoms with Crippen molar-refractivity contribution in [2.24, 2.45) is 5.92 Å². The van der Waals surface area contributed by atoms with E-state index in [0.717, 1.165) is 5.56 Å². The number of piperidine rings is 1. The molecule has 1 fully saturated rings. The molecule has 0 radical (unpaired) electrons. The highest BCUT2D eigenvalue weighted by atomic mass is 32.2. The Labute approximate surface area is 165 Å². The van der Waals surface area contributed by atoms with Gasteiger partial charge in [-0.3, -0.25) is 4.79 Å². The van der Waals surface area contributed by atoms with Crippen molar-refractivity contribution in [3.63, 3.8) is 0 Å². The number of amides is 1. The summed E-state index contributed by atoms with van der Waals surface area (Å²) in [5, 5.41) is 0. The lowest BCUT2D eigenvalue weighted by Gasteiger charge is -2.33. The van der Waals surface area contributed by atoms with Crippen LogP contribution in [-0.2, 0) is 21.4 Å². The van der Waals surface area contributed by atoms with E-state index in [1.54, 1.807) is 49.5 Å². The molecule has 3 rings (SSSR count). The molecule has 1 amide bonds.